The van der Waals surface area contributed by atoms with E-state index in [4.69, 9.17) is 0 Å². The number of carbonyl (C=O) groups is 1. The highest BCUT2D eigenvalue weighted by Crippen LogP contribution is 2.49. The van der Waals surface area contributed by atoms with Crippen LogP contribution >= 0.6 is 0 Å². The minimum atomic E-state index is -0.465. The zero-order chi connectivity index (χ0) is 24.5. The Morgan fingerprint density at radius 1 is 1.06 bits per heavy atom. The Balaban J connectivity index is 1.40. The van der Waals surface area contributed by atoms with Crippen LogP contribution in [0.3, 0.4) is 0 Å². The molecule has 6 heteroatoms. The maximum Gasteiger partial charge on any atom is 0.258 e. The van der Waals surface area contributed by atoms with Gasteiger partial charge in [0.15, 0.2) is 0 Å². The van der Waals surface area contributed by atoms with Crippen LogP contribution in [0.5, 0.6) is 0 Å². The Kier molecular flexibility index (Phi) is 6.41. The van der Waals surface area contributed by atoms with E-state index < -0.39 is 6.04 Å². The SMILES string of the molecule is C/C=C/c1ccc2n(c1=O)C[C@H]1[C@H](CO)[C@@H](C(=O)Nc3ccc(-c4ccccc4)cc3)N(CC)[C@@H]21. The number of hydrogen-bond donors (Lipinski definition) is 2. The molecule has 35 heavy (non-hydrogen) atoms. The average molecular weight is 470 g/mol. The number of allylic oxidation sites excluding steroid dienone is 1. The van der Waals surface area contributed by atoms with Gasteiger partial charge in [0.05, 0.1) is 12.1 Å². The fourth-order valence-electron chi connectivity index (χ4n) is 5.90. The summed E-state index contributed by atoms with van der Waals surface area (Å²) < 4.78 is 1.83. The van der Waals surface area contributed by atoms with E-state index in [1.54, 1.807) is 0 Å². The number of aromatic nitrogens is 1. The van der Waals surface area contributed by atoms with Crippen molar-refractivity contribution in [2.24, 2.45) is 11.8 Å². The minimum absolute atomic E-state index is 0.00436. The van der Waals surface area contributed by atoms with E-state index in [2.05, 4.69) is 22.3 Å². The highest BCUT2D eigenvalue weighted by Gasteiger charge is 2.55. The molecule has 0 bridgehead atoms. The number of pyridine rings is 1. The number of aliphatic hydroxyl groups excluding tert-OH is 1. The molecule has 180 valence electrons. The lowest BCUT2D eigenvalue weighted by Crippen LogP contribution is -2.45. The molecule has 4 atom stereocenters. The first-order chi connectivity index (χ1) is 17.1. The highest BCUT2D eigenvalue weighted by molar-refractivity contribution is 5.95. The minimum Gasteiger partial charge on any atom is -0.396 e. The molecule has 1 amide bonds. The number of likely N-dealkylation sites (N-methyl/N-ethyl adjacent to an activating group) is 1. The number of rotatable bonds is 6. The van der Waals surface area contributed by atoms with Crippen molar-refractivity contribution in [2.75, 3.05) is 18.5 Å². The number of nitrogens with zero attached hydrogens (tertiary/aromatic N) is 2. The lowest BCUT2D eigenvalue weighted by atomic mass is 9.88. The predicted molar refractivity (Wildman–Crippen MR) is 139 cm³/mol. The van der Waals surface area contributed by atoms with E-state index >= 15 is 0 Å². The van der Waals surface area contributed by atoms with Crippen LogP contribution in [0, 0.1) is 11.8 Å². The zero-order valence-corrected chi connectivity index (χ0v) is 20.1. The lowest BCUT2D eigenvalue weighted by Gasteiger charge is -2.29. The monoisotopic (exact) mass is 469 g/mol. The quantitative estimate of drug-likeness (QED) is 0.568. The van der Waals surface area contributed by atoms with Gasteiger partial charge in [-0.2, -0.15) is 0 Å². The fourth-order valence-corrected chi connectivity index (χ4v) is 5.90. The van der Waals surface area contributed by atoms with Gasteiger partial charge in [-0.15, -0.1) is 0 Å². The van der Waals surface area contributed by atoms with Crippen LogP contribution in [0.4, 0.5) is 5.69 Å². The Morgan fingerprint density at radius 2 is 1.77 bits per heavy atom. The fraction of sp³-hybridized carbons (Fsp3) is 0.310. The molecule has 0 radical (unpaired) electrons. The third-order valence-electron chi connectivity index (χ3n) is 7.46. The summed E-state index contributed by atoms with van der Waals surface area (Å²) in [7, 11) is 0. The molecule has 5 rings (SSSR count). The van der Waals surface area contributed by atoms with Crippen LogP contribution in [0.15, 0.2) is 77.6 Å². The van der Waals surface area contributed by atoms with Gasteiger partial charge in [-0.05, 0) is 48.9 Å². The predicted octanol–water partition coefficient (Wildman–Crippen LogP) is 4.17. The number of anilines is 1. The summed E-state index contributed by atoms with van der Waals surface area (Å²) in [6.45, 7) is 4.98. The molecule has 2 aliphatic rings. The molecule has 0 unspecified atom stereocenters. The Hall–Kier alpha value is -3.48. The molecule has 2 aromatic carbocycles. The van der Waals surface area contributed by atoms with E-state index in [1.807, 2.05) is 85.2 Å². The van der Waals surface area contributed by atoms with E-state index in [0.29, 0.717) is 18.7 Å². The second kappa shape index (κ2) is 9.64. The first-order valence-corrected chi connectivity index (χ1v) is 12.3. The van der Waals surface area contributed by atoms with E-state index in [0.717, 1.165) is 22.5 Å². The van der Waals surface area contributed by atoms with Crippen LogP contribution in [0.25, 0.3) is 17.2 Å². The first-order valence-electron chi connectivity index (χ1n) is 12.3. The van der Waals surface area contributed by atoms with Crippen molar-refractivity contribution in [2.45, 2.75) is 32.5 Å². The molecule has 2 N–H and O–H groups in total. The summed E-state index contributed by atoms with van der Waals surface area (Å²) in [6, 6.07) is 21.3. The average Bonchev–Trinajstić information content (AvgIpc) is 3.41. The van der Waals surface area contributed by atoms with Crippen molar-refractivity contribution < 1.29 is 9.90 Å². The molecule has 0 saturated carbocycles. The van der Waals surface area contributed by atoms with Crippen LogP contribution < -0.4 is 10.9 Å². The maximum absolute atomic E-state index is 13.5. The largest absolute Gasteiger partial charge is 0.396 e. The first kappa shape index (κ1) is 23.3. The molecule has 0 aliphatic carbocycles. The molecular weight excluding hydrogens is 438 g/mol. The van der Waals surface area contributed by atoms with Crippen molar-refractivity contribution in [3.05, 3.63) is 94.4 Å². The topological polar surface area (TPSA) is 74.6 Å². The van der Waals surface area contributed by atoms with E-state index in [9.17, 15) is 14.7 Å². The smallest absolute Gasteiger partial charge is 0.258 e. The third kappa shape index (κ3) is 4.03. The maximum atomic E-state index is 13.5. The van der Waals surface area contributed by atoms with Crippen molar-refractivity contribution in [1.82, 2.24) is 9.47 Å². The van der Waals surface area contributed by atoms with Crippen LogP contribution in [-0.4, -0.2) is 39.7 Å². The van der Waals surface area contributed by atoms with Gasteiger partial charge in [-0.3, -0.25) is 14.5 Å². The molecule has 6 nitrogen and oxygen atoms in total. The molecule has 1 fully saturated rings. The Bertz CT molecular complexity index is 1300. The van der Waals surface area contributed by atoms with E-state index in [-0.39, 0.29) is 36.0 Å². The summed E-state index contributed by atoms with van der Waals surface area (Å²) in [5, 5.41) is 13.4. The third-order valence-corrected chi connectivity index (χ3v) is 7.46. The molecule has 3 aromatic rings. The molecule has 2 aliphatic heterocycles. The summed E-state index contributed by atoms with van der Waals surface area (Å²) in [4.78, 5) is 28.7. The Morgan fingerprint density at radius 3 is 2.43 bits per heavy atom. The van der Waals surface area contributed by atoms with Crippen LogP contribution in [0.1, 0.15) is 31.1 Å². The summed E-state index contributed by atoms with van der Waals surface area (Å²) in [5.41, 5.74) is 4.51. The molecule has 1 saturated heterocycles. The van der Waals surface area contributed by atoms with Gasteiger partial charge < -0.3 is 15.0 Å². The summed E-state index contributed by atoms with van der Waals surface area (Å²) in [5.74, 6) is -0.370. The van der Waals surface area contributed by atoms with Crippen molar-refractivity contribution in [3.8, 4) is 11.1 Å². The second-order valence-corrected chi connectivity index (χ2v) is 9.29. The number of benzene rings is 2. The standard InChI is InChI=1S/C29H31N3O3/c1-3-8-21-13-16-25-26-23(17-32(25)29(21)35)24(18-33)27(31(26)4-2)28(34)30-22-14-11-20(12-15-22)19-9-6-5-7-10-19/h3,5-16,23-24,26-27,33H,4,17-18H2,1-2H3,(H,30,34)/b8-3+/t23-,24-,26+,27-/m0/s1. The van der Waals surface area contributed by atoms with Crippen LogP contribution in [0.2, 0.25) is 0 Å². The molecule has 1 aromatic heterocycles. The summed E-state index contributed by atoms with van der Waals surface area (Å²) >= 11 is 0. The number of fused-ring (bicyclic) bond motifs is 3. The van der Waals surface area contributed by atoms with E-state index in [1.165, 1.54) is 0 Å². The van der Waals surface area contributed by atoms with Crippen molar-refractivity contribution in [1.29, 1.82) is 0 Å². The lowest BCUT2D eigenvalue weighted by molar-refractivity contribution is -0.122. The van der Waals surface area contributed by atoms with Gasteiger partial charge in [0.1, 0.15) is 0 Å². The van der Waals surface area contributed by atoms with Gasteiger partial charge in [0.2, 0.25) is 5.91 Å². The Labute approximate surface area is 205 Å². The van der Waals surface area contributed by atoms with Gasteiger partial charge >= 0.3 is 0 Å². The van der Waals surface area contributed by atoms with Gasteiger partial charge in [0, 0.05) is 41.9 Å². The highest BCUT2D eigenvalue weighted by atomic mass is 16.3. The van der Waals surface area contributed by atoms with Crippen molar-refractivity contribution >= 4 is 17.7 Å². The molecule has 0 spiro atoms. The van der Waals surface area contributed by atoms with Gasteiger partial charge in [-0.1, -0.05) is 61.5 Å². The number of carbonyl (C=O) groups excluding carboxylic acids is 1. The van der Waals surface area contributed by atoms with Gasteiger partial charge in [-0.25, -0.2) is 0 Å². The number of likely N-dealkylation sites (tertiary alicyclic amines) is 1. The number of aliphatic hydroxyl groups is 1. The zero-order valence-electron chi connectivity index (χ0n) is 20.1. The normalized spacial score (nSPS) is 23.4. The van der Waals surface area contributed by atoms with Crippen LogP contribution in [-0.2, 0) is 11.3 Å². The number of hydrogen-bond acceptors (Lipinski definition) is 4. The second-order valence-electron chi connectivity index (χ2n) is 9.29. The number of nitrogens with one attached hydrogen (secondary N) is 1. The number of amides is 1. The van der Waals surface area contributed by atoms with Gasteiger partial charge in [0.25, 0.3) is 5.56 Å². The van der Waals surface area contributed by atoms with Crippen molar-refractivity contribution in [3.63, 3.8) is 0 Å². The summed E-state index contributed by atoms with van der Waals surface area (Å²) in [6.07, 6.45) is 3.69. The molecule has 3 heterocycles. The molecular formula is C29H31N3O3.